The number of aromatic hydroxyl groups is 2. The molecule has 0 aliphatic heterocycles. The summed E-state index contributed by atoms with van der Waals surface area (Å²) in [6.45, 7) is 0. The zero-order chi connectivity index (χ0) is 21.5. The molecule has 152 valence electrons. The van der Waals surface area contributed by atoms with Crippen LogP contribution in [0.4, 0.5) is 0 Å². The van der Waals surface area contributed by atoms with Crippen molar-refractivity contribution in [2.75, 3.05) is 0 Å². The summed E-state index contributed by atoms with van der Waals surface area (Å²) < 4.78 is 0. The Labute approximate surface area is 181 Å². The van der Waals surface area contributed by atoms with Crippen LogP contribution in [0.5, 0.6) is 11.5 Å². The van der Waals surface area contributed by atoms with Crippen LogP contribution in [-0.2, 0) is 4.79 Å². The van der Waals surface area contributed by atoms with Gasteiger partial charge in [-0.05, 0) is 53.4 Å². The van der Waals surface area contributed by atoms with E-state index in [2.05, 4.69) is 15.8 Å². The third kappa shape index (κ3) is 5.47. The van der Waals surface area contributed by atoms with E-state index < -0.39 is 11.8 Å². The molecule has 0 radical (unpaired) electrons. The summed E-state index contributed by atoms with van der Waals surface area (Å²) in [6, 6.07) is 14.2. The molecule has 0 saturated heterocycles. The molecule has 0 atom stereocenters. The quantitative estimate of drug-likeness (QED) is 0.202. The predicted octanol–water partition coefficient (Wildman–Crippen LogP) is 3.73. The topological polar surface area (TPSA) is 111 Å². The van der Waals surface area contributed by atoms with Crippen LogP contribution in [0.25, 0.3) is 6.08 Å². The number of thiophene rings is 1. The van der Waals surface area contributed by atoms with Crippen molar-refractivity contribution in [2.45, 2.75) is 0 Å². The van der Waals surface area contributed by atoms with Gasteiger partial charge < -0.3 is 15.5 Å². The van der Waals surface area contributed by atoms with E-state index in [9.17, 15) is 19.8 Å². The van der Waals surface area contributed by atoms with Crippen LogP contribution in [0.2, 0.25) is 5.02 Å². The van der Waals surface area contributed by atoms with Crippen molar-refractivity contribution in [3.05, 3.63) is 86.7 Å². The number of phenolic OH excluding ortho intramolecular Hbond substituents is 2. The average molecular weight is 442 g/mol. The van der Waals surface area contributed by atoms with Gasteiger partial charge in [0.2, 0.25) is 0 Å². The second-order valence-electron chi connectivity index (χ2n) is 5.95. The SMILES string of the molecule is O=C(NN=Cc1ccc(O)c(O)c1)/C(=C\c1cccs1)NC(=O)c1ccccc1Cl. The fourth-order valence-electron chi connectivity index (χ4n) is 2.36. The number of carbonyl (C=O) groups is 2. The molecule has 2 aromatic carbocycles. The number of amides is 2. The van der Waals surface area contributed by atoms with Gasteiger partial charge in [-0.2, -0.15) is 5.10 Å². The highest BCUT2D eigenvalue weighted by Gasteiger charge is 2.16. The molecule has 9 heteroatoms. The van der Waals surface area contributed by atoms with E-state index in [1.165, 1.54) is 41.8 Å². The monoisotopic (exact) mass is 441 g/mol. The number of hydrogen-bond acceptors (Lipinski definition) is 6. The smallest absolute Gasteiger partial charge is 0.287 e. The first-order valence-electron chi connectivity index (χ1n) is 8.60. The number of benzene rings is 2. The van der Waals surface area contributed by atoms with Crippen LogP contribution in [0.1, 0.15) is 20.8 Å². The van der Waals surface area contributed by atoms with Gasteiger partial charge in [0.15, 0.2) is 11.5 Å². The third-order valence-corrected chi connectivity index (χ3v) is 4.97. The van der Waals surface area contributed by atoms with Gasteiger partial charge in [-0.1, -0.05) is 29.8 Å². The van der Waals surface area contributed by atoms with Gasteiger partial charge in [-0.3, -0.25) is 9.59 Å². The molecule has 3 aromatic rings. The molecular formula is C21H16ClN3O4S. The van der Waals surface area contributed by atoms with Gasteiger partial charge in [-0.15, -0.1) is 11.3 Å². The Morgan fingerprint density at radius 3 is 2.53 bits per heavy atom. The predicted molar refractivity (Wildman–Crippen MR) is 117 cm³/mol. The summed E-state index contributed by atoms with van der Waals surface area (Å²) in [5.74, 6) is -1.76. The van der Waals surface area contributed by atoms with Crippen LogP contribution in [0, 0.1) is 0 Å². The summed E-state index contributed by atoms with van der Waals surface area (Å²) in [7, 11) is 0. The van der Waals surface area contributed by atoms with Gasteiger partial charge >= 0.3 is 0 Å². The summed E-state index contributed by atoms with van der Waals surface area (Å²) in [6.07, 6.45) is 2.81. The fourth-order valence-corrected chi connectivity index (χ4v) is 3.23. The van der Waals surface area contributed by atoms with Crippen LogP contribution in [0.15, 0.2) is 70.8 Å². The maximum absolute atomic E-state index is 12.6. The number of rotatable bonds is 6. The molecule has 30 heavy (non-hydrogen) atoms. The molecule has 0 aliphatic rings. The van der Waals surface area contributed by atoms with E-state index in [-0.39, 0.29) is 27.8 Å². The van der Waals surface area contributed by atoms with E-state index in [0.717, 1.165) is 4.88 Å². The molecular weight excluding hydrogens is 426 g/mol. The van der Waals surface area contributed by atoms with Crippen LogP contribution >= 0.6 is 22.9 Å². The molecule has 0 unspecified atom stereocenters. The number of nitrogens with one attached hydrogen (secondary N) is 2. The Morgan fingerprint density at radius 2 is 1.83 bits per heavy atom. The second-order valence-corrected chi connectivity index (χ2v) is 7.34. The number of hydrazone groups is 1. The lowest BCUT2D eigenvalue weighted by Gasteiger charge is -2.09. The summed E-state index contributed by atoms with van der Waals surface area (Å²) >= 11 is 7.45. The zero-order valence-corrected chi connectivity index (χ0v) is 16.9. The van der Waals surface area contributed by atoms with E-state index in [0.29, 0.717) is 5.56 Å². The summed E-state index contributed by atoms with van der Waals surface area (Å²) in [4.78, 5) is 25.9. The summed E-state index contributed by atoms with van der Waals surface area (Å²) in [5, 5.41) is 27.3. The highest BCUT2D eigenvalue weighted by molar-refractivity contribution is 7.10. The Hall–Kier alpha value is -3.62. The maximum Gasteiger partial charge on any atom is 0.287 e. The lowest BCUT2D eigenvalue weighted by Crippen LogP contribution is -2.32. The summed E-state index contributed by atoms with van der Waals surface area (Å²) in [5.41, 5.74) is 2.99. The number of phenols is 2. The molecule has 7 nitrogen and oxygen atoms in total. The van der Waals surface area contributed by atoms with Crippen molar-refractivity contribution in [2.24, 2.45) is 5.10 Å². The number of halogens is 1. The second kappa shape index (κ2) is 9.73. The Morgan fingerprint density at radius 1 is 1.03 bits per heavy atom. The molecule has 1 aromatic heterocycles. The maximum atomic E-state index is 12.6. The van der Waals surface area contributed by atoms with Crippen molar-refractivity contribution in [1.82, 2.24) is 10.7 Å². The molecule has 0 saturated carbocycles. The van der Waals surface area contributed by atoms with Crippen LogP contribution in [-0.4, -0.2) is 28.2 Å². The minimum absolute atomic E-state index is 0.0203. The Bertz CT molecular complexity index is 1130. The molecule has 3 rings (SSSR count). The van der Waals surface area contributed by atoms with Gasteiger partial charge in [0, 0.05) is 4.88 Å². The van der Waals surface area contributed by atoms with Crippen molar-refractivity contribution in [3.63, 3.8) is 0 Å². The standard InChI is InChI=1S/C21H16ClN3O4S/c22-16-6-2-1-5-15(16)20(28)24-17(11-14-4-3-9-30-14)21(29)25-23-12-13-7-8-18(26)19(27)10-13/h1-12,26-27H,(H,24,28)(H,25,29)/b17-11+,23-12?. The van der Waals surface area contributed by atoms with Crippen molar-refractivity contribution < 1.29 is 19.8 Å². The highest BCUT2D eigenvalue weighted by Crippen LogP contribution is 2.24. The lowest BCUT2D eigenvalue weighted by atomic mass is 10.2. The minimum Gasteiger partial charge on any atom is -0.504 e. The van der Waals surface area contributed by atoms with E-state index in [4.69, 9.17) is 11.6 Å². The Kier molecular flexibility index (Phi) is 6.84. The number of hydrogen-bond donors (Lipinski definition) is 4. The van der Waals surface area contributed by atoms with Gasteiger partial charge in [0.1, 0.15) is 5.70 Å². The third-order valence-electron chi connectivity index (χ3n) is 3.82. The van der Waals surface area contributed by atoms with Gasteiger partial charge in [0.05, 0.1) is 16.8 Å². The van der Waals surface area contributed by atoms with Crippen molar-refractivity contribution >= 4 is 47.0 Å². The van der Waals surface area contributed by atoms with Crippen LogP contribution in [0.3, 0.4) is 0 Å². The molecule has 0 spiro atoms. The first-order chi connectivity index (χ1) is 14.4. The minimum atomic E-state index is -0.650. The zero-order valence-electron chi connectivity index (χ0n) is 15.4. The molecule has 2 amide bonds. The molecule has 0 bridgehead atoms. The highest BCUT2D eigenvalue weighted by atomic mass is 35.5. The molecule has 4 N–H and O–H groups in total. The lowest BCUT2D eigenvalue weighted by molar-refractivity contribution is -0.117. The number of nitrogens with zero attached hydrogens (tertiary/aromatic N) is 1. The van der Waals surface area contributed by atoms with Gasteiger partial charge in [-0.25, -0.2) is 5.43 Å². The largest absolute Gasteiger partial charge is 0.504 e. The molecule has 0 fully saturated rings. The molecule has 0 aliphatic carbocycles. The van der Waals surface area contributed by atoms with E-state index >= 15 is 0 Å². The number of carbonyl (C=O) groups excluding carboxylic acids is 2. The Balaban J connectivity index is 1.77. The van der Waals surface area contributed by atoms with E-state index in [1.54, 1.807) is 30.3 Å². The van der Waals surface area contributed by atoms with Crippen molar-refractivity contribution in [3.8, 4) is 11.5 Å². The van der Waals surface area contributed by atoms with E-state index in [1.807, 2.05) is 11.4 Å². The molecule has 1 heterocycles. The van der Waals surface area contributed by atoms with Crippen molar-refractivity contribution in [1.29, 1.82) is 0 Å². The first kappa shape index (κ1) is 21.1. The average Bonchev–Trinajstić information content (AvgIpc) is 3.23. The van der Waals surface area contributed by atoms with Gasteiger partial charge in [0.25, 0.3) is 11.8 Å². The normalized spacial score (nSPS) is 11.4. The fraction of sp³-hybridized carbons (Fsp3) is 0. The van der Waals surface area contributed by atoms with Crippen LogP contribution < -0.4 is 10.7 Å². The first-order valence-corrected chi connectivity index (χ1v) is 9.86.